The quantitative estimate of drug-likeness (QED) is 0.601. The summed E-state index contributed by atoms with van der Waals surface area (Å²) in [6, 6.07) is 8.52. The van der Waals surface area contributed by atoms with Crippen molar-refractivity contribution in [2.75, 3.05) is 0 Å². The lowest BCUT2D eigenvalue weighted by atomic mass is 10.2. The van der Waals surface area contributed by atoms with Gasteiger partial charge in [0.1, 0.15) is 11.6 Å². The highest BCUT2D eigenvalue weighted by Crippen LogP contribution is 2.32. The first kappa shape index (κ1) is 13.9. The van der Waals surface area contributed by atoms with E-state index < -0.39 is 0 Å². The number of hydrogen-bond donors (Lipinski definition) is 0. The summed E-state index contributed by atoms with van der Waals surface area (Å²) in [5.41, 5.74) is 1.49. The molecule has 2 heterocycles. The van der Waals surface area contributed by atoms with Crippen LogP contribution in [-0.2, 0) is 5.88 Å². The molecular formula is C14H11Cl2FN2S. The summed E-state index contributed by atoms with van der Waals surface area (Å²) in [6.07, 6.45) is 0. The Balaban J connectivity index is 2.18. The molecule has 20 heavy (non-hydrogen) atoms. The maximum absolute atomic E-state index is 13.3. The first-order chi connectivity index (χ1) is 9.60. The monoisotopic (exact) mass is 328 g/mol. The van der Waals surface area contributed by atoms with E-state index in [1.165, 1.54) is 23.5 Å². The lowest BCUT2D eigenvalue weighted by Gasteiger charge is -2.15. The van der Waals surface area contributed by atoms with Gasteiger partial charge < -0.3 is 4.57 Å². The molecule has 0 saturated heterocycles. The number of nitrogens with zero attached hydrogens (tertiary/aromatic N) is 2. The van der Waals surface area contributed by atoms with E-state index >= 15 is 0 Å². The van der Waals surface area contributed by atoms with Gasteiger partial charge in [0.15, 0.2) is 0 Å². The van der Waals surface area contributed by atoms with Crippen LogP contribution in [0.1, 0.15) is 23.7 Å². The molecular weight excluding hydrogens is 318 g/mol. The Morgan fingerprint density at radius 1 is 1.35 bits per heavy atom. The average Bonchev–Trinajstić information content (AvgIpc) is 3.00. The van der Waals surface area contributed by atoms with Crippen LogP contribution in [0.2, 0.25) is 4.34 Å². The lowest BCUT2D eigenvalue weighted by molar-refractivity contribution is 0.628. The smallest absolute Gasteiger partial charge is 0.125 e. The number of imidazole rings is 1. The van der Waals surface area contributed by atoms with E-state index in [-0.39, 0.29) is 17.7 Å². The maximum Gasteiger partial charge on any atom is 0.125 e. The third-order valence-electron chi connectivity index (χ3n) is 3.24. The Hall–Kier alpha value is -1.10. The molecule has 6 heteroatoms. The summed E-state index contributed by atoms with van der Waals surface area (Å²) in [4.78, 5) is 5.52. The van der Waals surface area contributed by atoms with E-state index in [9.17, 15) is 4.39 Å². The summed E-state index contributed by atoms with van der Waals surface area (Å²) < 4.78 is 16.1. The first-order valence-electron chi connectivity index (χ1n) is 6.07. The normalized spacial score (nSPS) is 13.0. The average molecular weight is 329 g/mol. The minimum Gasteiger partial charge on any atom is -0.319 e. The van der Waals surface area contributed by atoms with Crippen LogP contribution in [-0.4, -0.2) is 9.55 Å². The van der Waals surface area contributed by atoms with Crippen LogP contribution in [0.5, 0.6) is 0 Å². The second kappa shape index (κ2) is 5.35. The summed E-state index contributed by atoms with van der Waals surface area (Å²) in [5, 5.41) is 0. The fraction of sp³-hybridized carbons (Fsp3) is 0.214. The van der Waals surface area contributed by atoms with Crippen molar-refractivity contribution in [1.29, 1.82) is 0 Å². The molecule has 0 fully saturated rings. The van der Waals surface area contributed by atoms with E-state index in [1.807, 2.05) is 16.7 Å². The van der Waals surface area contributed by atoms with Crippen molar-refractivity contribution in [3.8, 4) is 0 Å². The van der Waals surface area contributed by atoms with Gasteiger partial charge in [0.25, 0.3) is 0 Å². The number of aromatic nitrogens is 2. The molecule has 0 spiro atoms. The van der Waals surface area contributed by atoms with E-state index in [1.54, 1.807) is 6.07 Å². The van der Waals surface area contributed by atoms with Gasteiger partial charge in [-0.1, -0.05) is 11.6 Å². The summed E-state index contributed by atoms with van der Waals surface area (Å²) in [6.45, 7) is 2.06. The van der Waals surface area contributed by atoms with Crippen molar-refractivity contribution in [3.05, 3.63) is 51.2 Å². The van der Waals surface area contributed by atoms with Gasteiger partial charge in [0, 0.05) is 10.9 Å². The fourth-order valence-corrected chi connectivity index (χ4v) is 3.62. The number of hydrogen-bond acceptors (Lipinski definition) is 2. The number of halogens is 3. The molecule has 0 radical (unpaired) electrons. The van der Waals surface area contributed by atoms with Crippen LogP contribution in [0.4, 0.5) is 4.39 Å². The second-order valence-corrected chi connectivity index (χ2v) is 6.50. The summed E-state index contributed by atoms with van der Waals surface area (Å²) in [5.74, 6) is 0.708. The summed E-state index contributed by atoms with van der Waals surface area (Å²) >= 11 is 13.5. The van der Waals surface area contributed by atoms with Gasteiger partial charge in [0.2, 0.25) is 0 Å². The van der Waals surface area contributed by atoms with E-state index in [2.05, 4.69) is 11.9 Å². The molecule has 0 N–H and O–H groups in total. The van der Waals surface area contributed by atoms with Gasteiger partial charge in [-0.3, -0.25) is 0 Å². The van der Waals surface area contributed by atoms with Crippen molar-refractivity contribution >= 4 is 45.6 Å². The Morgan fingerprint density at radius 3 is 2.80 bits per heavy atom. The number of rotatable bonds is 3. The van der Waals surface area contributed by atoms with E-state index in [0.29, 0.717) is 5.52 Å². The molecule has 0 aliphatic heterocycles. The Morgan fingerprint density at radius 2 is 2.15 bits per heavy atom. The molecule has 0 aliphatic rings. The number of benzene rings is 1. The van der Waals surface area contributed by atoms with Crippen molar-refractivity contribution in [3.63, 3.8) is 0 Å². The zero-order valence-electron chi connectivity index (χ0n) is 10.6. The Bertz CT molecular complexity index is 766. The third kappa shape index (κ3) is 2.32. The predicted octanol–water partition coefficient (Wildman–Crippen LogP) is 5.24. The largest absolute Gasteiger partial charge is 0.319 e. The lowest BCUT2D eigenvalue weighted by Crippen LogP contribution is -2.08. The van der Waals surface area contributed by atoms with E-state index in [4.69, 9.17) is 23.2 Å². The molecule has 0 aliphatic carbocycles. The van der Waals surface area contributed by atoms with Gasteiger partial charge in [-0.05, 0) is 31.2 Å². The van der Waals surface area contributed by atoms with Crippen LogP contribution in [0, 0.1) is 5.82 Å². The number of fused-ring (bicyclic) bond motifs is 1. The first-order valence-corrected chi connectivity index (χ1v) is 7.80. The van der Waals surface area contributed by atoms with Gasteiger partial charge in [-0.15, -0.1) is 22.9 Å². The molecule has 104 valence electrons. The van der Waals surface area contributed by atoms with Crippen molar-refractivity contribution < 1.29 is 4.39 Å². The zero-order chi connectivity index (χ0) is 14.3. The highest BCUT2D eigenvalue weighted by atomic mass is 35.5. The van der Waals surface area contributed by atoms with Gasteiger partial charge in [0.05, 0.1) is 27.3 Å². The Kier molecular flexibility index (Phi) is 3.71. The van der Waals surface area contributed by atoms with Crippen LogP contribution >= 0.6 is 34.5 Å². The minimum atomic E-state index is -0.296. The van der Waals surface area contributed by atoms with Gasteiger partial charge in [-0.2, -0.15) is 0 Å². The maximum atomic E-state index is 13.3. The summed E-state index contributed by atoms with van der Waals surface area (Å²) in [7, 11) is 0. The fourth-order valence-electron chi connectivity index (χ4n) is 2.33. The topological polar surface area (TPSA) is 17.8 Å². The molecule has 0 amide bonds. The van der Waals surface area contributed by atoms with Crippen molar-refractivity contribution in [2.24, 2.45) is 0 Å². The van der Waals surface area contributed by atoms with Crippen molar-refractivity contribution in [2.45, 2.75) is 18.8 Å². The number of thiophene rings is 1. The third-order valence-corrected chi connectivity index (χ3v) is 4.88. The molecule has 1 unspecified atom stereocenters. The molecule has 0 bridgehead atoms. The zero-order valence-corrected chi connectivity index (χ0v) is 12.9. The minimum absolute atomic E-state index is 0.0525. The van der Waals surface area contributed by atoms with Crippen LogP contribution < -0.4 is 0 Å². The van der Waals surface area contributed by atoms with Crippen LogP contribution in [0.25, 0.3) is 11.0 Å². The predicted molar refractivity (Wildman–Crippen MR) is 82.4 cm³/mol. The molecule has 2 nitrogen and oxygen atoms in total. The van der Waals surface area contributed by atoms with Crippen LogP contribution in [0.15, 0.2) is 30.3 Å². The van der Waals surface area contributed by atoms with Crippen LogP contribution in [0.3, 0.4) is 0 Å². The molecule has 3 aromatic rings. The second-order valence-electron chi connectivity index (χ2n) is 4.48. The molecule has 2 aromatic heterocycles. The SMILES string of the molecule is CC(c1ccc(Cl)s1)n1c(CCl)nc2cc(F)ccc21. The van der Waals surface area contributed by atoms with E-state index in [0.717, 1.165) is 20.6 Å². The Labute approximate surface area is 129 Å². The molecule has 3 rings (SSSR count). The molecule has 1 aromatic carbocycles. The molecule has 0 saturated carbocycles. The van der Waals surface area contributed by atoms with Crippen molar-refractivity contribution in [1.82, 2.24) is 9.55 Å². The number of alkyl halides is 1. The van der Waals surface area contributed by atoms with Gasteiger partial charge >= 0.3 is 0 Å². The van der Waals surface area contributed by atoms with Gasteiger partial charge in [-0.25, -0.2) is 9.37 Å². The molecule has 1 atom stereocenters. The highest BCUT2D eigenvalue weighted by molar-refractivity contribution is 7.16. The highest BCUT2D eigenvalue weighted by Gasteiger charge is 2.18. The standard InChI is InChI=1S/C14H11Cl2FN2S/c1-8(12-4-5-13(16)20-12)19-11-3-2-9(17)6-10(11)18-14(19)7-15/h2-6,8H,7H2,1H3.